The normalized spacial score (nSPS) is 10.8. The Labute approximate surface area is 146 Å². The Bertz CT molecular complexity index is 862. The number of halogens is 1. The molecule has 8 heteroatoms. The van der Waals surface area contributed by atoms with Crippen molar-refractivity contribution in [1.29, 1.82) is 0 Å². The zero-order chi connectivity index (χ0) is 18.4. The second kappa shape index (κ2) is 7.89. The molecule has 25 heavy (non-hydrogen) atoms. The summed E-state index contributed by atoms with van der Waals surface area (Å²) in [6.07, 6.45) is 0. The van der Waals surface area contributed by atoms with Crippen molar-refractivity contribution in [2.45, 2.75) is 18.7 Å². The third-order valence-electron chi connectivity index (χ3n) is 3.14. The molecule has 132 valence electrons. The van der Waals surface area contributed by atoms with Crippen molar-refractivity contribution in [2.75, 3.05) is 10.8 Å². The van der Waals surface area contributed by atoms with Gasteiger partial charge in [-0.25, -0.2) is 18.2 Å². The first-order valence-electron chi connectivity index (χ1n) is 7.44. The Hall–Kier alpha value is -2.74. The van der Waals surface area contributed by atoms with Crippen molar-refractivity contribution in [3.63, 3.8) is 0 Å². The standard InChI is InChI=1S/C17H18FN3O3S/c1-13(2)19-20-17(22)12-21(15-10-8-14(18)9-11-15)25(23,24)16-6-4-3-5-7-16/h3-11H,12H2,1-2H3,(H,20,22). The highest BCUT2D eigenvalue weighted by molar-refractivity contribution is 7.92. The number of amides is 1. The first-order chi connectivity index (χ1) is 11.8. The van der Waals surface area contributed by atoms with Crippen LogP contribution >= 0.6 is 0 Å². The topological polar surface area (TPSA) is 78.8 Å². The number of carbonyl (C=O) groups is 1. The van der Waals surface area contributed by atoms with E-state index < -0.39 is 28.3 Å². The zero-order valence-electron chi connectivity index (χ0n) is 13.8. The highest BCUT2D eigenvalue weighted by Gasteiger charge is 2.27. The van der Waals surface area contributed by atoms with E-state index in [-0.39, 0.29) is 10.6 Å². The maximum Gasteiger partial charge on any atom is 0.264 e. The van der Waals surface area contributed by atoms with Gasteiger partial charge in [-0.15, -0.1) is 0 Å². The maximum atomic E-state index is 13.2. The SMILES string of the molecule is CC(C)=NNC(=O)CN(c1ccc(F)cc1)S(=O)(=O)c1ccccc1. The largest absolute Gasteiger partial charge is 0.271 e. The first kappa shape index (κ1) is 18.6. The second-order valence-electron chi connectivity index (χ2n) is 5.40. The number of carbonyl (C=O) groups excluding carboxylic acids is 1. The number of hydrogen-bond acceptors (Lipinski definition) is 4. The summed E-state index contributed by atoms with van der Waals surface area (Å²) in [5.41, 5.74) is 3.08. The average molecular weight is 363 g/mol. The van der Waals surface area contributed by atoms with Crippen LogP contribution in [0.15, 0.2) is 64.6 Å². The van der Waals surface area contributed by atoms with Crippen LogP contribution in [0.3, 0.4) is 0 Å². The molecule has 0 unspecified atom stereocenters. The van der Waals surface area contributed by atoms with Crippen LogP contribution in [-0.2, 0) is 14.8 Å². The lowest BCUT2D eigenvalue weighted by Crippen LogP contribution is -2.39. The number of anilines is 1. The number of benzene rings is 2. The molecule has 0 aromatic heterocycles. The van der Waals surface area contributed by atoms with Crippen LogP contribution in [0.4, 0.5) is 10.1 Å². The molecule has 1 amide bonds. The van der Waals surface area contributed by atoms with Crippen LogP contribution in [0, 0.1) is 5.82 Å². The molecule has 0 saturated heterocycles. The van der Waals surface area contributed by atoms with Gasteiger partial charge in [-0.1, -0.05) is 18.2 Å². The molecule has 2 aromatic carbocycles. The van der Waals surface area contributed by atoms with Gasteiger partial charge in [0.05, 0.1) is 10.6 Å². The van der Waals surface area contributed by atoms with Crippen LogP contribution in [0.5, 0.6) is 0 Å². The minimum Gasteiger partial charge on any atom is -0.271 e. The molecule has 0 bridgehead atoms. The van der Waals surface area contributed by atoms with Crippen molar-refractivity contribution in [3.05, 3.63) is 60.4 Å². The Morgan fingerprint density at radius 2 is 1.68 bits per heavy atom. The van der Waals surface area contributed by atoms with Gasteiger partial charge in [0, 0.05) is 5.71 Å². The summed E-state index contributed by atoms with van der Waals surface area (Å²) >= 11 is 0. The van der Waals surface area contributed by atoms with Gasteiger partial charge in [-0.3, -0.25) is 9.10 Å². The molecule has 1 N–H and O–H groups in total. The molecule has 0 spiro atoms. The summed E-state index contributed by atoms with van der Waals surface area (Å²) < 4.78 is 39.9. The Kier molecular flexibility index (Phi) is 5.87. The Morgan fingerprint density at radius 3 is 2.24 bits per heavy atom. The molecule has 0 atom stereocenters. The van der Waals surface area contributed by atoms with E-state index in [1.807, 2.05) is 0 Å². The molecule has 0 radical (unpaired) electrons. The molecular weight excluding hydrogens is 345 g/mol. The van der Waals surface area contributed by atoms with Crippen molar-refractivity contribution in [3.8, 4) is 0 Å². The summed E-state index contributed by atoms with van der Waals surface area (Å²) in [7, 11) is -4.00. The molecule has 0 aliphatic rings. The van der Waals surface area contributed by atoms with Crippen LogP contribution < -0.4 is 9.73 Å². The number of rotatable bonds is 6. The monoisotopic (exact) mass is 363 g/mol. The molecule has 2 aromatic rings. The highest BCUT2D eigenvalue weighted by atomic mass is 32.2. The number of hydrazone groups is 1. The van der Waals surface area contributed by atoms with Gasteiger partial charge < -0.3 is 0 Å². The maximum absolute atomic E-state index is 13.2. The molecule has 2 rings (SSSR count). The van der Waals surface area contributed by atoms with Crippen molar-refractivity contribution >= 4 is 27.3 Å². The number of sulfonamides is 1. The van der Waals surface area contributed by atoms with Gasteiger partial charge in [0.25, 0.3) is 15.9 Å². The first-order valence-corrected chi connectivity index (χ1v) is 8.88. The molecule has 0 aliphatic carbocycles. The van der Waals surface area contributed by atoms with Crippen LogP contribution in [-0.4, -0.2) is 26.6 Å². The van der Waals surface area contributed by atoms with Gasteiger partial charge in [0.15, 0.2) is 0 Å². The fourth-order valence-electron chi connectivity index (χ4n) is 1.98. The predicted octanol–water partition coefficient (Wildman–Crippen LogP) is 2.53. The van der Waals surface area contributed by atoms with E-state index in [0.717, 1.165) is 16.4 Å². The number of nitrogens with one attached hydrogen (secondary N) is 1. The summed E-state index contributed by atoms with van der Waals surface area (Å²) in [4.78, 5) is 12.1. The quantitative estimate of drug-likeness (QED) is 0.633. The third-order valence-corrected chi connectivity index (χ3v) is 4.93. The van der Waals surface area contributed by atoms with Crippen LogP contribution in [0.1, 0.15) is 13.8 Å². The summed E-state index contributed by atoms with van der Waals surface area (Å²) in [6, 6.07) is 12.6. The lowest BCUT2D eigenvalue weighted by Gasteiger charge is -2.23. The van der Waals surface area contributed by atoms with Crippen molar-refractivity contribution < 1.29 is 17.6 Å². The van der Waals surface area contributed by atoms with E-state index in [1.165, 1.54) is 24.3 Å². The molecular formula is C17H18FN3O3S. The predicted molar refractivity (Wildman–Crippen MR) is 94.3 cm³/mol. The van der Waals surface area contributed by atoms with E-state index in [1.54, 1.807) is 32.0 Å². The summed E-state index contributed by atoms with van der Waals surface area (Å²) in [5.74, 6) is -1.11. The van der Waals surface area contributed by atoms with Gasteiger partial charge >= 0.3 is 0 Å². The van der Waals surface area contributed by atoms with Crippen molar-refractivity contribution in [1.82, 2.24) is 5.43 Å². The zero-order valence-corrected chi connectivity index (χ0v) is 14.6. The number of hydrogen-bond donors (Lipinski definition) is 1. The van der Waals surface area contributed by atoms with Crippen LogP contribution in [0.2, 0.25) is 0 Å². The molecule has 0 heterocycles. The molecule has 6 nitrogen and oxygen atoms in total. The van der Waals surface area contributed by atoms with E-state index in [0.29, 0.717) is 5.71 Å². The fraction of sp³-hybridized carbons (Fsp3) is 0.176. The van der Waals surface area contributed by atoms with Gasteiger partial charge in [-0.05, 0) is 50.2 Å². The smallest absolute Gasteiger partial charge is 0.264 e. The fourth-order valence-corrected chi connectivity index (χ4v) is 3.42. The van der Waals surface area contributed by atoms with Gasteiger partial charge in [-0.2, -0.15) is 5.10 Å². The Morgan fingerprint density at radius 1 is 1.08 bits per heavy atom. The minimum absolute atomic E-state index is 0.0299. The molecule has 0 fully saturated rings. The lowest BCUT2D eigenvalue weighted by molar-refractivity contribution is -0.119. The molecule has 0 saturated carbocycles. The second-order valence-corrected chi connectivity index (χ2v) is 7.26. The minimum atomic E-state index is -4.00. The van der Waals surface area contributed by atoms with Gasteiger partial charge in [0.1, 0.15) is 12.4 Å². The van der Waals surface area contributed by atoms with E-state index >= 15 is 0 Å². The highest BCUT2D eigenvalue weighted by Crippen LogP contribution is 2.23. The van der Waals surface area contributed by atoms with E-state index in [9.17, 15) is 17.6 Å². The van der Waals surface area contributed by atoms with Crippen LogP contribution in [0.25, 0.3) is 0 Å². The van der Waals surface area contributed by atoms with E-state index in [2.05, 4.69) is 10.5 Å². The van der Waals surface area contributed by atoms with E-state index in [4.69, 9.17) is 0 Å². The number of nitrogens with zero attached hydrogens (tertiary/aromatic N) is 2. The molecule has 0 aliphatic heterocycles. The summed E-state index contributed by atoms with van der Waals surface area (Å²) in [6.45, 7) is 2.90. The summed E-state index contributed by atoms with van der Waals surface area (Å²) in [5, 5.41) is 3.78. The lowest BCUT2D eigenvalue weighted by atomic mass is 10.3. The third kappa shape index (κ3) is 4.87. The van der Waals surface area contributed by atoms with Gasteiger partial charge in [0.2, 0.25) is 0 Å². The van der Waals surface area contributed by atoms with Crippen molar-refractivity contribution in [2.24, 2.45) is 5.10 Å². The Balaban J connectivity index is 2.40. The average Bonchev–Trinajstić information content (AvgIpc) is 2.59.